The van der Waals surface area contributed by atoms with E-state index in [1.165, 1.54) is 12.1 Å². The molecule has 0 radical (unpaired) electrons. The smallest absolute Gasteiger partial charge is 0.263 e. The molecule has 1 aliphatic carbocycles. The fourth-order valence-electron chi connectivity index (χ4n) is 2.67. The van der Waals surface area contributed by atoms with Crippen LogP contribution >= 0.6 is 11.6 Å². The third-order valence-corrected chi connectivity index (χ3v) is 5.92. The average Bonchev–Trinajstić information content (AvgIpc) is 3.45. The Labute approximate surface area is 161 Å². The maximum atomic E-state index is 12.7. The number of carbonyl (C=O) groups excluding carboxylic acids is 1. The van der Waals surface area contributed by atoms with E-state index >= 15 is 0 Å². The summed E-state index contributed by atoms with van der Waals surface area (Å²) in [5.74, 6) is -0.0920. The molecule has 0 saturated heterocycles. The number of nitrogens with zero attached hydrogens (tertiary/aromatic N) is 1. The molecule has 0 aliphatic heterocycles. The van der Waals surface area contributed by atoms with E-state index in [1.54, 1.807) is 42.5 Å². The van der Waals surface area contributed by atoms with E-state index in [2.05, 4.69) is 15.0 Å². The highest BCUT2D eigenvalue weighted by Gasteiger charge is 2.24. The molecule has 1 amide bonds. The Bertz CT molecular complexity index is 1140. The summed E-state index contributed by atoms with van der Waals surface area (Å²) in [6, 6.07) is 14.6. The fourth-order valence-corrected chi connectivity index (χ4v) is 3.95. The maximum Gasteiger partial charge on any atom is 0.263 e. The van der Waals surface area contributed by atoms with Crippen molar-refractivity contribution in [3.8, 4) is 0 Å². The number of rotatable bonds is 5. The number of halogens is 1. The summed E-state index contributed by atoms with van der Waals surface area (Å²) in [5.41, 5.74) is 0.892. The Kier molecular flexibility index (Phi) is 4.49. The molecule has 3 aromatic rings. The Hall–Kier alpha value is -2.64. The molecule has 0 unspecified atom stereocenters. The van der Waals surface area contributed by atoms with Gasteiger partial charge in [-0.3, -0.25) is 9.52 Å². The van der Waals surface area contributed by atoms with Crippen molar-refractivity contribution in [2.24, 2.45) is 0 Å². The van der Waals surface area contributed by atoms with Crippen LogP contribution < -0.4 is 10.0 Å². The Balaban J connectivity index is 1.60. The number of hydrogen-bond donors (Lipinski definition) is 2. The van der Waals surface area contributed by atoms with Crippen molar-refractivity contribution in [3.05, 3.63) is 65.2 Å². The van der Waals surface area contributed by atoms with Gasteiger partial charge in [0.1, 0.15) is 5.82 Å². The monoisotopic (exact) mass is 401 g/mol. The molecule has 2 N–H and O–H groups in total. The first-order chi connectivity index (χ1) is 12.9. The van der Waals surface area contributed by atoms with Gasteiger partial charge in [0, 0.05) is 22.0 Å². The minimum atomic E-state index is -3.89. The van der Waals surface area contributed by atoms with Gasteiger partial charge in [-0.1, -0.05) is 23.7 Å². The molecular formula is C19H16ClN3O3S. The molecular weight excluding hydrogens is 386 g/mol. The van der Waals surface area contributed by atoms with Gasteiger partial charge in [0.15, 0.2) is 0 Å². The van der Waals surface area contributed by atoms with E-state index in [9.17, 15) is 13.2 Å². The highest BCUT2D eigenvalue weighted by molar-refractivity contribution is 7.92. The lowest BCUT2D eigenvalue weighted by molar-refractivity contribution is 0.0951. The molecule has 27 heavy (non-hydrogen) atoms. The number of hydrogen-bond acceptors (Lipinski definition) is 4. The largest absolute Gasteiger partial charge is 0.349 e. The molecule has 138 valence electrons. The summed E-state index contributed by atoms with van der Waals surface area (Å²) in [5, 5.41) is 4.13. The van der Waals surface area contributed by atoms with Crippen LogP contribution in [0.4, 0.5) is 5.82 Å². The lowest BCUT2D eigenvalue weighted by atomic mass is 10.2. The molecule has 8 heteroatoms. The molecule has 0 atom stereocenters. The summed E-state index contributed by atoms with van der Waals surface area (Å²) in [4.78, 5) is 16.5. The minimum Gasteiger partial charge on any atom is -0.349 e. The summed E-state index contributed by atoms with van der Waals surface area (Å²) < 4.78 is 27.9. The van der Waals surface area contributed by atoms with Crippen LogP contribution in [0.5, 0.6) is 0 Å². The lowest BCUT2D eigenvalue weighted by Gasteiger charge is -2.10. The number of pyridine rings is 1. The lowest BCUT2D eigenvalue weighted by Crippen LogP contribution is -2.25. The number of aromatic nitrogens is 1. The zero-order chi connectivity index (χ0) is 19.0. The van der Waals surface area contributed by atoms with Crippen LogP contribution in [0.1, 0.15) is 23.2 Å². The molecule has 4 rings (SSSR count). The zero-order valence-electron chi connectivity index (χ0n) is 14.1. The number of carbonyl (C=O) groups is 1. The number of benzene rings is 2. The number of anilines is 1. The third-order valence-electron chi connectivity index (χ3n) is 4.24. The first kappa shape index (κ1) is 17.8. The minimum absolute atomic E-state index is 0.000983. The molecule has 1 aliphatic rings. The van der Waals surface area contributed by atoms with Crippen LogP contribution in [0.3, 0.4) is 0 Å². The average molecular weight is 402 g/mol. The van der Waals surface area contributed by atoms with E-state index in [4.69, 9.17) is 11.6 Å². The summed E-state index contributed by atoms with van der Waals surface area (Å²) in [6.07, 6.45) is 1.92. The van der Waals surface area contributed by atoms with Gasteiger partial charge in [0.2, 0.25) is 0 Å². The zero-order valence-corrected chi connectivity index (χ0v) is 15.7. The van der Waals surface area contributed by atoms with Crippen molar-refractivity contribution in [1.82, 2.24) is 10.3 Å². The Morgan fingerprint density at radius 3 is 2.63 bits per heavy atom. The first-order valence-corrected chi connectivity index (χ1v) is 10.3. The van der Waals surface area contributed by atoms with Crippen molar-refractivity contribution in [1.29, 1.82) is 0 Å². The van der Waals surface area contributed by atoms with Gasteiger partial charge >= 0.3 is 0 Å². The predicted molar refractivity (Wildman–Crippen MR) is 104 cm³/mol. The van der Waals surface area contributed by atoms with Gasteiger partial charge < -0.3 is 5.32 Å². The van der Waals surface area contributed by atoms with E-state index in [0.717, 1.165) is 18.2 Å². The molecule has 1 heterocycles. The van der Waals surface area contributed by atoms with Crippen molar-refractivity contribution >= 4 is 44.3 Å². The Morgan fingerprint density at radius 2 is 1.85 bits per heavy atom. The Morgan fingerprint density at radius 1 is 1.07 bits per heavy atom. The van der Waals surface area contributed by atoms with Gasteiger partial charge in [-0.05, 0) is 55.3 Å². The van der Waals surface area contributed by atoms with Gasteiger partial charge in [-0.2, -0.15) is 0 Å². The van der Waals surface area contributed by atoms with Crippen molar-refractivity contribution < 1.29 is 13.2 Å². The number of sulfonamides is 1. The van der Waals surface area contributed by atoms with Crippen LogP contribution in [-0.4, -0.2) is 25.4 Å². The quantitative estimate of drug-likeness (QED) is 0.683. The highest BCUT2D eigenvalue weighted by Crippen LogP contribution is 2.25. The van der Waals surface area contributed by atoms with E-state index in [1.807, 2.05) is 0 Å². The van der Waals surface area contributed by atoms with Crippen LogP contribution in [-0.2, 0) is 10.0 Å². The maximum absolute atomic E-state index is 12.7. The first-order valence-electron chi connectivity index (χ1n) is 8.41. The molecule has 1 fully saturated rings. The summed E-state index contributed by atoms with van der Waals surface area (Å²) in [6.45, 7) is 0. The standard InChI is InChI=1S/C19H16ClN3O3S/c20-16-5-2-6-17-15(16)9-10-18(22-17)23-27(25,26)14-4-1-3-12(11-14)19(24)21-13-7-8-13/h1-6,9-11,13H,7-8H2,(H,21,24)(H,22,23). The van der Waals surface area contributed by atoms with E-state index in [-0.39, 0.29) is 22.7 Å². The predicted octanol–water partition coefficient (Wildman–Crippen LogP) is 3.58. The highest BCUT2D eigenvalue weighted by atomic mass is 35.5. The molecule has 2 aromatic carbocycles. The molecule has 1 aromatic heterocycles. The van der Waals surface area contributed by atoms with Crippen LogP contribution in [0.25, 0.3) is 10.9 Å². The SMILES string of the molecule is O=C(NC1CC1)c1cccc(S(=O)(=O)Nc2ccc3c(Cl)cccc3n2)c1. The molecule has 6 nitrogen and oxygen atoms in total. The van der Waals surface area contributed by atoms with E-state index in [0.29, 0.717) is 16.1 Å². The van der Waals surface area contributed by atoms with Crippen molar-refractivity contribution in [3.63, 3.8) is 0 Å². The van der Waals surface area contributed by atoms with Crippen molar-refractivity contribution in [2.75, 3.05) is 4.72 Å². The number of amides is 1. The van der Waals surface area contributed by atoms with Crippen LogP contribution in [0, 0.1) is 0 Å². The third kappa shape index (κ3) is 3.89. The molecule has 1 saturated carbocycles. The van der Waals surface area contributed by atoms with Gasteiger partial charge in [-0.25, -0.2) is 13.4 Å². The van der Waals surface area contributed by atoms with Gasteiger partial charge in [0.25, 0.3) is 15.9 Å². The van der Waals surface area contributed by atoms with Gasteiger partial charge in [0.05, 0.1) is 10.4 Å². The molecule has 0 spiro atoms. The topological polar surface area (TPSA) is 88.2 Å². The van der Waals surface area contributed by atoms with E-state index < -0.39 is 10.0 Å². The molecule has 0 bridgehead atoms. The number of fused-ring (bicyclic) bond motifs is 1. The second-order valence-electron chi connectivity index (χ2n) is 6.38. The normalized spacial score (nSPS) is 14.1. The summed E-state index contributed by atoms with van der Waals surface area (Å²) in [7, 11) is -3.89. The summed E-state index contributed by atoms with van der Waals surface area (Å²) >= 11 is 6.11. The second-order valence-corrected chi connectivity index (χ2v) is 8.47. The fraction of sp³-hybridized carbons (Fsp3) is 0.158. The van der Waals surface area contributed by atoms with Crippen LogP contribution in [0.2, 0.25) is 5.02 Å². The second kappa shape index (κ2) is 6.83. The number of nitrogens with one attached hydrogen (secondary N) is 2. The van der Waals surface area contributed by atoms with Gasteiger partial charge in [-0.15, -0.1) is 0 Å². The van der Waals surface area contributed by atoms with Crippen molar-refractivity contribution in [2.45, 2.75) is 23.8 Å². The van der Waals surface area contributed by atoms with Crippen LogP contribution in [0.15, 0.2) is 59.5 Å².